The van der Waals surface area contributed by atoms with Crippen molar-refractivity contribution in [3.8, 4) is 11.5 Å². The molecular weight excluding hydrogens is 368 g/mol. The molecule has 0 spiro atoms. The van der Waals surface area contributed by atoms with Crippen LogP contribution in [0.5, 0.6) is 11.5 Å². The van der Waals surface area contributed by atoms with Crippen LogP contribution in [0, 0.1) is 5.92 Å². The van der Waals surface area contributed by atoms with Crippen LogP contribution in [0.4, 0.5) is 10.5 Å². The lowest BCUT2D eigenvalue weighted by Crippen LogP contribution is -2.44. The predicted molar refractivity (Wildman–Crippen MR) is 102 cm³/mol. The minimum Gasteiger partial charge on any atom is -0.454 e. The van der Waals surface area contributed by atoms with Crippen LogP contribution in [0.25, 0.3) is 0 Å². The van der Waals surface area contributed by atoms with Crippen LogP contribution >= 0.6 is 11.6 Å². The third-order valence-corrected chi connectivity index (χ3v) is 5.05. The van der Waals surface area contributed by atoms with Gasteiger partial charge < -0.3 is 19.7 Å². The predicted octanol–water partition coefficient (Wildman–Crippen LogP) is 4.20. The van der Waals surface area contributed by atoms with Gasteiger partial charge in [-0.05, 0) is 37.1 Å². The average molecular weight is 387 g/mol. The van der Waals surface area contributed by atoms with Gasteiger partial charge in [-0.1, -0.05) is 23.7 Å². The van der Waals surface area contributed by atoms with Crippen molar-refractivity contribution < 1.29 is 19.1 Å². The number of carbonyl (C=O) groups excluding carboxylic acids is 2. The van der Waals surface area contributed by atoms with E-state index in [1.54, 1.807) is 47.4 Å². The Morgan fingerprint density at radius 2 is 1.96 bits per heavy atom. The second-order valence-corrected chi connectivity index (χ2v) is 7.09. The normalized spacial score (nSPS) is 18.3. The van der Waals surface area contributed by atoms with Crippen LogP contribution in [0.2, 0.25) is 5.02 Å². The molecule has 6 nitrogen and oxygen atoms in total. The highest BCUT2D eigenvalue weighted by molar-refractivity contribution is 6.31. The van der Waals surface area contributed by atoms with Crippen molar-refractivity contribution in [1.82, 2.24) is 4.90 Å². The van der Waals surface area contributed by atoms with Crippen molar-refractivity contribution in [3.63, 3.8) is 0 Å². The number of hydrogen-bond acceptors (Lipinski definition) is 4. The molecular formula is C20H19ClN2O4. The van der Waals surface area contributed by atoms with Crippen molar-refractivity contribution in [2.24, 2.45) is 5.92 Å². The lowest BCUT2D eigenvalue weighted by Gasteiger charge is -2.32. The first-order chi connectivity index (χ1) is 13.1. The fourth-order valence-corrected chi connectivity index (χ4v) is 3.62. The number of ketones is 1. The molecule has 1 fully saturated rings. The number of rotatable bonds is 3. The van der Waals surface area contributed by atoms with E-state index in [2.05, 4.69) is 5.32 Å². The topological polar surface area (TPSA) is 67.9 Å². The standard InChI is InChI=1S/C20H19ClN2O4/c21-15-5-1-3-13(9-15)19(24)14-4-2-8-23(11-14)20(25)22-16-6-7-17-18(10-16)27-12-26-17/h1,3,5-7,9-10,14H,2,4,8,11-12H2,(H,22,25)/t14-/m0/s1. The van der Waals surface area contributed by atoms with Crippen molar-refractivity contribution in [3.05, 3.63) is 53.1 Å². The van der Waals surface area contributed by atoms with E-state index in [1.807, 2.05) is 0 Å². The Hall–Kier alpha value is -2.73. The van der Waals surface area contributed by atoms with Gasteiger partial charge in [0.1, 0.15) is 0 Å². The first kappa shape index (κ1) is 17.7. The molecule has 2 amide bonds. The molecule has 2 heterocycles. The third kappa shape index (κ3) is 3.85. The minimum atomic E-state index is -0.225. The monoisotopic (exact) mass is 386 g/mol. The smallest absolute Gasteiger partial charge is 0.321 e. The molecule has 7 heteroatoms. The fourth-order valence-electron chi connectivity index (χ4n) is 3.43. The maximum Gasteiger partial charge on any atom is 0.321 e. The number of hydrogen-bond donors (Lipinski definition) is 1. The second kappa shape index (κ2) is 7.48. The largest absolute Gasteiger partial charge is 0.454 e. The van der Waals surface area contributed by atoms with Crippen molar-refractivity contribution >= 4 is 29.1 Å². The number of Topliss-reactive ketones (excluding diaryl/α,β-unsaturated/α-hetero) is 1. The van der Waals surface area contributed by atoms with Crippen LogP contribution in [0.3, 0.4) is 0 Å². The summed E-state index contributed by atoms with van der Waals surface area (Å²) in [6, 6.07) is 12.0. The van der Waals surface area contributed by atoms with E-state index in [9.17, 15) is 9.59 Å². The Morgan fingerprint density at radius 3 is 2.81 bits per heavy atom. The zero-order valence-electron chi connectivity index (χ0n) is 14.6. The number of fused-ring (bicyclic) bond motifs is 1. The molecule has 1 saturated heterocycles. The van der Waals surface area contributed by atoms with E-state index in [0.29, 0.717) is 40.9 Å². The molecule has 1 N–H and O–H groups in total. The molecule has 2 aliphatic rings. The summed E-state index contributed by atoms with van der Waals surface area (Å²) in [5.41, 5.74) is 1.22. The average Bonchev–Trinajstić information content (AvgIpc) is 3.15. The summed E-state index contributed by atoms with van der Waals surface area (Å²) in [5.74, 6) is 1.08. The maximum atomic E-state index is 12.8. The highest BCUT2D eigenvalue weighted by atomic mass is 35.5. The molecule has 4 rings (SSSR count). The highest BCUT2D eigenvalue weighted by Gasteiger charge is 2.29. The molecule has 0 saturated carbocycles. The number of ether oxygens (including phenoxy) is 2. The molecule has 0 unspecified atom stereocenters. The van der Waals surface area contributed by atoms with Gasteiger partial charge in [-0.15, -0.1) is 0 Å². The maximum absolute atomic E-state index is 12.8. The molecule has 2 aliphatic heterocycles. The number of piperidine rings is 1. The van der Waals surface area contributed by atoms with E-state index in [1.165, 1.54) is 0 Å². The zero-order valence-corrected chi connectivity index (χ0v) is 15.4. The van der Waals surface area contributed by atoms with Gasteiger partial charge in [0.25, 0.3) is 0 Å². The number of anilines is 1. The zero-order chi connectivity index (χ0) is 18.8. The highest BCUT2D eigenvalue weighted by Crippen LogP contribution is 2.34. The number of likely N-dealkylation sites (tertiary alicyclic amines) is 1. The summed E-state index contributed by atoms with van der Waals surface area (Å²) in [7, 11) is 0. The molecule has 1 atom stereocenters. The second-order valence-electron chi connectivity index (χ2n) is 6.66. The first-order valence-electron chi connectivity index (χ1n) is 8.85. The SMILES string of the molecule is O=C(c1cccc(Cl)c1)[C@H]1CCCN(C(=O)Nc2ccc3c(c2)OCO3)C1. The van der Waals surface area contributed by atoms with Gasteiger partial charge in [0.15, 0.2) is 17.3 Å². The van der Waals surface area contributed by atoms with Crippen LogP contribution < -0.4 is 14.8 Å². The van der Waals surface area contributed by atoms with Crippen molar-refractivity contribution in [2.75, 3.05) is 25.2 Å². The van der Waals surface area contributed by atoms with Gasteiger partial charge in [-0.25, -0.2) is 4.79 Å². The van der Waals surface area contributed by atoms with E-state index in [4.69, 9.17) is 21.1 Å². The number of nitrogens with one attached hydrogen (secondary N) is 1. The Balaban J connectivity index is 1.41. The summed E-state index contributed by atoms with van der Waals surface area (Å²) in [6.07, 6.45) is 1.55. The molecule has 2 aromatic rings. The van der Waals surface area contributed by atoms with Gasteiger partial charge in [0.2, 0.25) is 6.79 Å². The first-order valence-corrected chi connectivity index (χ1v) is 9.23. The van der Waals surface area contributed by atoms with E-state index in [-0.39, 0.29) is 24.5 Å². The number of amides is 2. The molecule has 2 aromatic carbocycles. The Morgan fingerprint density at radius 1 is 1.11 bits per heavy atom. The van der Waals surface area contributed by atoms with Crippen LogP contribution in [-0.4, -0.2) is 36.6 Å². The Kier molecular flexibility index (Phi) is 4.90. The summed E-state index contributed by atoms with van der Waals surface area (Å²) < 4.78 is 10.6. The molecule has 27 heavy (non-hydrogen) atoms. The number of benzene rings is 2. The van der Waals surface area contributed by atoms with Crippen LogP contribution in [-0.2, 0) is 0 Å². The van der Waals surface area contributed by atoms with Crippen LogP contribution in [0.1, 0.15) is 23.2 Å². The lowest BCUT2D eigenvalue weighted by molar-refractivity contribution is 0.0851. The number of carbonyl (C=O) groups is 2. The Bertz CT molecular complexity index is 886. The molecule has 0 aromatic heterocycles. The van der Waals surface area contributed by atoms with Crippen LogP contribution in [0.15, 0.2) is 42.5 Å². The third-order valence-electron chi connectivity index (χ3n) is 4.81. The van der Waals surface area contributed by atoms with Crippen molar-refractivity contribution in [2.45, 2.75) is 12.8 Å². The minimum absolute atomic E-state index is 0.0260. The molecule has 0 radical (unpaired) electrons. The van der Waals surface area contributed by atoms with E-state index >= 15 is 0 Å². The van der Waals surface area contributed by atoms with Gasteiger partial charge >= 0.3 is 6.03 Å². The summed E-state index contributed by atoms with van der Waals surface area (Å²) in [4.78, 5) is 27.1. The lowest BCUT2D eigenvalue weighted by atomic mass is 9.90. The quantitative estimate of drug-likeness (QED) is 0.803. The van der Waals surface area contributed by atoms with Gasteiger partial charge in [-0.3, -0.25) is 4.79 Å². The number of nitrogens with zero attached hydrogens (tertiary/aromatic N) is 1. The molecule has 140 valence electrons. The molecule has 0 bridgehead atoms. The molecule has 0 aliphatic carbocycles. The fraction of sp³-hybridized carbons (Fsp3) is 0.300. The number of urea groups is 1. The van der Waals surface area contributed by atoms with Gasteiger partial charge in [0.05, 0.1) is 0 Å². The summed E-state index contributed by atoms with van der Waals surface area (Å²) in [6.45, 7) is 1.20. The summed E-state index contributed by atoms with van der Waals surface area (Å²) in [5, 5.41) is 3.40. The van der Waals surface area contributed by atoms with Gasteiger partial charge in [-0.2, -0.15) is 0 Å². The van der Waals surface area contributed by atoms with E-state index in [0.717, 1.165) is 12.8 Å². The van der Waals surface area contributed by atoms with E-state index < -0.39 is 0 Å². The van der Waals surface area contributed by atoms with Gasteiger partial charge in [0, 0.05) is 41.3 Å². The Labute approximate surface area is 162 Å². The summed E-state index contributed by atoms with van der Waals surface area (Å²) >= 11 is 5.99. The number of halogens is 1. The van der Waals surface area contributed by atoms with Crippen molar-refractivity contribution in [1.29, 1.82) is 0 Å².